The number of hydrogen-bond donors (Lipinski definition) is 2. The number of carbonyl (C=O) groups excluding carboxylic acids is 1. The van der Waals surface area contributed by atoms with E-state index in [1.807, 2.05) is 18.2 Å². The molecular weight excluding hydrogens is 373 g/mol. The minimum absolute atomic E-state index is 0.167. The molecule has 0 bridgehead atoms. The van der Waals surface area contributed by atoms with Gasteiger partial charge in [0.05, 0.1) is 16.4 Å². The minimum Gasteiger partial charge on any atom is -0.369 e. The van der Waals surface area contributed by atoms with Crippen molar-refractivity contribution in [2.45, 2.75) is 19.3 Å². The number of piperidine rings is 1. The van der Waals surface area contributed by atoms with Crippen molar-refractivity contribution in [3.05, 3.63) is 58.9 Å². The Kier molecular flexibility index (Phi) is 6.06. The SMILES string of the molecule is O=C(NC(=S)Nc1cccc(Cl)c1N1CCCCC1)c1ccc(F)cc1. The van der Waals surface area contributed by atoms with Gasteiger partial charge < -0.3 is 10.2 Å². The zero-order valence-corrected chi connectivity index (χ0v) is 15.7. The first-order chi connectivity index (χ1) is 12.5. The van der Waals surface area contributed by atoms with Crippen LogP contribution in [-0.4, -0.2) is 24.1 Å². The Hall–Kier alpha value is -2.18. The molecule has 0 atom stereocenters. The normalized spacial score (nSPS) is 14.0. The largest absolute Gasteiger partial charge is 0.369 e. The average molecular weight is 392 g/mol. The van der Waals surface area contributed by atoms with Crippen LogP contribution in [0.1, 0.15) is 29.6 Å². The third kappa shape index (κ3) is 4.51. The Morgan fingerprint density at radius 3 is 2.46 bits per heavy atom. The lowest BCUT2D eigenvalue weighted by atomic mass is 10.1. The van der Waals surface area contributed by atoms with E-state index < -0.39 is 11.7 Å². The third-order valence-electron chi connectivity index (χ3n) is 4.24. The smallest absolute Gasteiger partial charge is 0.257 e. The standard InChI is InChI=1S/C19H19ClFN3OS/c20-15-5-4-6-16(17(15)24-11-2-1-3-12-24)22-19(26)23-18(25)13-7-9-14(21)10-8-13/h4-10H,1-3,11-12H2,(H2,22,23,25,26). The van der Waals surface area contributed by atoms with E-state index in [0.29, 0.717) is 10.6 Å². The van der Waals surface area contributed by atoms with Crippen molar-refractivity contribution in [3.8, 4) is 0 Å². The zero-order valence-electron chi connectivity index (χ0n) is 14.1. The molecule has 136 valence electrons. The Labute approximate surface area is 162 Å². The van der Waals surface area contributed by atoms with Crippen LogP contribution in [0.15, 0.2) is 42.5 Å². The second-order valence-electron chi connectivity index (χ2n) is 6.10. The Balaban J connectivity index is 1.72. The number of benzene rings is 2. The highest BCUT2D eigenvalue weighted by atomic mass is 35.5. The molecule has 2 N–H and O–H groups in total. The van der Waals surface area contributed by atoms with E-state index in [1.54, 1.807) is 0 Å². The van der Waals surface area contributed by atoms with Gasteiger partial charge in [-0.25, -0.2) is 4.39 Å². The number of nitrogens with one attached hydrogen (secondary N) is 2. The van der Waals surface area contributed by atoms with Crippen molar-refractivity contribution >= 4 is 46.2 Å². The molecule has 2 aromatic carbocycles. The fourth-order valence-electron chi connectivity index (χ4n) is 2.99. The van der Waals surface area contributed by atoms with Crippen LogP contribution in [0.25, 0.3) is 0 Å². The molecule has 0 radical (unpaired) electrons. The quantitative estimate of drug-likeness (QED) is 0.751. The molecule has 1 heterocycles. The molecule has 1 aliphatic rings. The number of thiocarbonyl (C=S) groups is 1. The highest BCUT2D eigenvalue weighted by Crippen LogP contribution is 2.35. The maximum Gasteiger partial charge on any atom is 0.257 e. The summed E-state index contributed by atoms with van der Waals surface area (Å²) in [6.45, 7) is 1.88. The molecular formula is C19H19ClFN3OS. The van der Waals surface area contributed by atoms with Crippen LogP contribution in [0.3, 0.4) is 0 Å². The van der Waals surface area contributed by atoms with Crippen LogP contribution in [0.4, 0.5) is 15.8 Å². The van der Waals surface area contributed by atoms with Gasteiger partial charge in [0.15, 0.2) is 5.11 Å². The van der Waals surface area contributed by atoms with E-state index in [-0.39, 0.29) is 5.11 Å². The highest BCUT2D eigenvalue weighted by molar-refractivity contribution is 7.80. The first-order valence-corrected chi connectivity index (χ1v) is 9.24. The summed E-state index contributed by atoms with van der Waals surface area (Å²) in [5.41, 5.74) is 1.98. The van der Waals surface area contributed by atoms with Gasteiger partial charge in [0.1, 0.15) is 5.82 Å². The Morgan fingerprint density at radius 2 is 1.77 bits per heavy atom. The van der Waals surface area contributed by atoms with E-state index in [2.05, 4.69) is 15.5 Å². The van der Waals surface area contributed by atoms with Crippen molar-refractivity contribution in [2.75, 3.05) is 23.3 Å². The molecule has 0 aliphatic carbocycles. The number of nitrogens with zero attached hydrogens (tertiary/aromatic N) is 1. The second kappa shape index (κ2) is 8.47. The van der Waals surface area contributed by atoms with E-state index >= 15 is 0 Å². The lowest BCUT2D eigenvalue weighted by Crippen LogP contribution is -2.35. The summed E-state index contributed by atoms with van der Waals surface area (Å²) in [7, 11) is 0. The van der Waals surface area contributed by atoms with Crippen LogP contribution in [0.2, 0.25) is 5.02 Å². The van der Waals surface area contributed by atoms with Gasteiger partial charge in [0.2, 0.25) is 0 Å². The molecule has 0 spiro atoms. The molecule has 7 heteroatoms. The first kappa shape index (κ1) is 18.6. The lowest BCUT2D eigenvalue weighted by molar-refractivity contribution is 0.0977. The van der Waals surface area contributed by atoms with Crippen molar-refractivity contribution in [3.63, 3.8) is 0 Å². The highest BCUT2D eigenvalue weighted by Gasteiger charge is 2.18. The van der Waals surface area contributed by atoms with Crippen molar-refractivity contribution in [2.24, 2.45) is 0 Å². The van der Waals surface area contributed by atoms with Crippen LogP contribution < -0.4 is 15.5 Å². The summed E-state index contributed by atoms with van der Waals surface area (Å²) in [6, 6.07) is 10.8. The molecule has 0 saturated carbocycles. The first-order valence-electron chi connectivity index (χ1n) is 8.46. The summed E-state index contributed by atoms with van der Waals surface area (Å²) >= 11 is 11.7. The molecule has 26 heavy (non-hydrogen) atoms. The summed E-state index contributed by atoms with van der Waals surface area (Å²) in [6.07, 6.45) is 3.46. The maximum absolute atomic E-state index is 13.0. The number of halogens is 2. The molecule has 0 unspecified atom stereocenters. The summed E-state index contributed by atoms with van der Waals surface area (Å²) < 4.78 is 13.0. The molecule has 1 fully saturated rings. The van der Waals surface area contributed by atoms with Gasteiger partial charge in [-0.15, -0.1) is 0 Å². The predicted octanol–water partition coefficient (Wildman–Crippen LogP) is 4.60. The summed E-state index contributed by atoms with van der Waals surface area (Å²) in [5, 5.41) is 6.48. The molecule has 1 saturated heterocycles. The van der Waals surface area contributed by atoms with E-state index in [4.69, 9.17) is 23.8 Å². The predicted molar refractivity (Wildman–Crippen MR) is 108 cm³/mol. The van der Waals surface area contributed by atoms with Gasteiger partial charge in [-0.1, -0.05) is 17.7 Å². The minimum atomic E-state index is -0.399. The molecule has 4 nitrogen and oxygen atoms in total. The third-order valence-corrected chi connectivity index (χ3v) is 4.75. The molecule has 0 aromatic heterocycles. The van der Waals surface area contributed by atoms with Gasteiger partial charge in [0, 0.05) is 18.7 Å². The van der Waals surface area contributed by atoms with Crippen molar-refractivity contribution in [1.29, 1.82) is 0 Å². The number of anilines is 2. The zero-order chi connectivity index (χ0) is 18.5. The maximum atomic E-state index is 13.0. The Morgan fingerprint density at radius 1 is 1.08 bits per heavy atom. The molecule has 1 aliphatic heterocycles. The average Bonchev–Trinajstić information content (AvgIpc) is 2.63. The fraction of sp³-hybridized carbons (Fsp3) is 0.263. The number of hydrogen-bond acceptors (Lipinski definition) is 3. The van der Waals surface area contributed by atoms with Crippen LogP contribution in [0.5, 0.6) is 0 Å². The monoisotopic (exact) mass is 391 g/mol. The van der Waals surface area contributed by atoms with Gasteiger partial charge in [-0.2, -0.15) is 0 Å². The topological polar surface area (TPSA) is 44.4 Å². The van der Waals surface area contributed by atoms with Crippen LogP contribution in [0, 0.1) is 5.82 Å². The second-order valence-corrected chi connectivity index (χ2v) is 6.91. The number of para-hydroxylation sites is 1. The van der Waals surface area contributed by atoms with E-state index in [1.165, 1.54) is 30.7 Å². The molecule has 1 amide bonds. The number of rotatable bonds is 3. The van der Waals surface area contributed by atoms with Gasteiger partial charge in [-0.05, 0) is 67.9 Å². The van der Waals surface area contributed by atoms with Crippen LogP contribution >= 0.6 is 23.8 Å². The number of amides is 1. The lowest BCUT2D eigenvalue weighted by Gasteiger charge is -2.31. The van der Waals surface area contributed by atoms with E-state index in [9.17, 15) is 9.18 Å². The van der Waals surface area contributed by atoms with Gasteiger partial charge >= 0.3 is 0 Å². The van der Waals surface area contributed by atoms with E-state index in [0.717, 1.165) is 37.3 Å². The van der Waals surface area contributed by atoms with Gasteiger partial charge in [-0.3, -0.25) is 10.1 Å². The number of carbonyl (C=O) groups is 1. The summed E-state index contributed by atoms with van der Waals surface area (Å²) in [5.74, 6) is -0.795. The molecule has 2 aromatic rings. The fourth-order valence-corrected chi connectivity index (χ4v) is 3.48. The molecule has 3 rings (SSSR count). The van der Waals surface area contributed by atoms with Crippen LogP contribution in [-0.2, 0) is 0 Å². The Bertz CT molecular complexity index is 807. The summed E-state index contributed by atoms with van der Waals surface area (Å²) in [4.78, 5) is 14.4. The van der Waals surface area contributed by atoms with Crippen molar-refractivity contribution in [1.82, 2.24) is 5.32 Å². The van der Waals surface area contributed by atoms with Gasteiger partial charge in [0.25, 0.3) is 5.91 Å². The van der Waals surface area contributed by atoms with Crippen molar-refractivity contribution < 1.29 is 9.18 Å².